The summed E-state index contributed by atoms with van der Waals surface area (Å²) in [5.74, 6) is -0.0598. The molecule has 4 heterocycles. The largest absolute Gasteiger partial charge is 0.353 e. The summed E-state index contributed by atoms with van der Waals surface area (Å²) in [5, 5.41) is 14.0. The van der Waals surface area contributed by atoms with Crippen molar-refractivity contribution in [3.05, 3.63) is 65.1 Å². The lowest BCUT2D eigenvalue weighted by molar-refractivity contribution is -0.121. The van der Waals surface area contributed by atoms with Gasteiger partial charge in [-0.05, 0) is 49.9 Å². The standard InChI is InChI=1S/C22H24N6OS/c1-15-16(2)26-28(17(15)3)14-21(29)24-10-11-27-22(20-8-6-12-30-20)18(13-25-27)19-7-4-5-9-23-19/h4-9,12-13H,10-11,14H2,1-3H3,(H,24,29). The maximum Gasteiger partial charge on any atom is 0.241 e. The van der Waals surface area contributed by atoms with Crippen molar-refractivity contribution < 1.29 is 4.79 Å². The number of hydrogen-bond acceptors (Lipinski definition) is 5. The van der Waals surface area contributed by atoms with E-state index in [1.54, 1.807) is 22.2 Å². The van der Waals surface area contributed by atoms with Gasteiger partial charge in [0.25, 0.3) is 0 Å². The van der Waals surface area contributed by atoms with Gasteiger partial charge >= 0.3 is 0 Å². The molecule has 0 aliphatic heterocycles. The van der Waals surface area contributed by atoms with Crippen molar-refractivity contribution in [3.8, 4) is 21.8 Å². The summed E-state index contributed by atoms with van der Waals surface area (Å²) in [6, 6.07) is 9.96. The highest BCUT2D eigenvalue weighted by molar-refractivity contribution is 7.13. The van der Waals surface area contributed by atoms with Gasteiger partial charge in [-0.3, -0.25) is 19.1 Å². The Labute approximate surface area is 179 Å². The molecule has 0 atom stereocenters. The molecule has 1 amide bonds. The van der Waals surface area contributed by atoms with Gasteiger partial charge < -0.3 is 5.32 Å². The van der Waals surface area contributed by atoms with E-state index >= 15 is 0 Å². The quantitative estimate of drug-likeness (QED) is 0.495. The summed E-state index contributed by atoms with van der Waals surface area (Å²) in [7, 11) is 0. The molecule has 0 aliphatic carbocycles. The van der Waals surface area contributed by atoms with Gasteiger partial charge in [-0.15, -0.1) is 11.3 Å². The lowest BCUT2D eigenvalue weighted by atomic mass is 10.1. The fraction of sp³-hybridized carbons (Fsp3) is 0.273. The van der Waals surface area contributed by atoms with Crippen LogP contribution in [0.5, 0.6) is 0 Å². The van der Waals surface area contributed by atoms with Gasteiger partial charge in [0.15, 0.2) is 0 Å². The number of pyridine rings is 1. The lowest BCUT2D eigenvalue weighted by Gasteiger charge is -2.10. The van der Waals surface area contributed by atoms with Crippen LogP contribution in [0.2, 0.25) is 0 Å². The topological polar surface area (TPSA) is 77.6 Å². The van der Waals surface area contributed by atoms with Crippen molar-refractivity contribution in [3.63, 3.8) is 0 Å². The van der Waals surface area contributed by atoms with Gasteiger partial charge in [-0.25, -0.2) is 0 Å². The van der Waals surface area contributed by atoms with Crippen molar-refractivity contribution in [2.45, 2.75) is 33.9 Å². The van der Waals surface area contributed by atoms with E-state index in [1.165, 1.54) is 0 Å². The SMILES string of the molecule is Cc1nn(CC(=O)NCCn2ncc(-c3ccccn3)c2-c2cccs2)c(C)c1C. The van der Waals surface area contributed by atoms with Crippen molar-refractivity contribution in [1.29, 1.82) is 0 Å². The number of rotatable bonds is 7. The fourth-order valence-corrected chi connectivity index (χ4v) is 4.16. The van der Waals surface area contributed by atoms with E-state index in [-0.39, 0.29) is 12.5 Å². The molecule has 0 fully saturated rings. The molecule has 4 rings (SSSR count). The number of amides is 1. The Hall–Kier alpha value is -3.26. The lowest BCUT2D eigenvalue weighted by Crippen LogP contribution is -2.31. The maximum absolute atomic E-state index is 12.4. The molecule has 154 valence electrons. The molecule has 0 spiro atoms. The van der Waals surface area contributed by atoms with Crippen molar-refractivity contribution >= 4 is 17.2 Å². The molecule has 4 aromatic heterocycles. The van der Waals surface area contributed by atoms with E-state index in [2.05, 4.69) is 26.6 Å². The first kappa shape index (κ1) is 20.0. The summed E-state index contributed by atoms with van der Waals surface area (Å²) in [5.41, 5.74) is 6.00. The van der Waals surface area contributed by atoms with Crippen LogP contribution in [0, 0.1) is 20.8 Å². The van der Waals surface area contributed by atoms with Gasteiger partial charge in [0.1, 0.15) is 6.54 Å². The predicted molar refractivity (Wildman–Crippen MR) is 118 cm³/mol. The Morgan fingerprint density at radius 2 is 2.00 bits per heavy atom. The van der Waals surface area contributed by atoms with Gasteiger partial charge in [0.2, 0.25) is 5.91 Å². The third-order valence-electron chi connectivity index (χ3n) is 5.22. The van der Waals surface area contributed by atoms with Crippen LogP contribution in [0.15, 0.2) is 48.1 Å². The Morgan fingerprint density at radius 3 is 2.67 bits per heavy atom. The minimum atomic E-state index is -0.0598. The van der Waals surface area contributed by atoms with E-state index in [9.17, 15) is 4.79 Å². The molecule has 0 aromatic carbocycles. The van der Waals surface area contributed by atoms with E-state index in [1.807, 2.05) is 61.3 Å². The van der Waals surface area contributed by atoms with Crippen molar-refractivity contribution in [2.75, 3.05) is 6.54 Å². The smallest absolute Gasteiger partial charge is 0.241 e. The first-order valence-electron chi connectivity index (χ1n) is 9.83. The second-order valence-electron chi connectivity index (χ2n) is 7.13. The van der Waals surface area contributed by atoms with Crippen LogP contribution in [0.3, 0.4) is 0 Å². The van der Waals surface area contributed by atoms with E-state index < -0.39 is 0 Å². The molecule has 0 saturated heterocycles. The number of thiophene rings is 1. The van der Waals surface area contributed by atoms with Gasteiger partial charge in [0.05, 0.1) is 34.7 Å². The van der Waals surface area contributed by atoms with Crippen molar-refractivity contribution in [1.82, 2.24) is 29.9 Å². The number of hydrogen-bond donors (Lipinski definition) is 1. The molecule has 0 unspecified atom stereocenters. The second-order valence-corrected chi connectivity index (χ2v) is 8.07. The number of nitrogens with one attached hydrogen (secondary N) is 1. The Kier molecular flexibility index (Phi) is 5.76. The molecule has 0 radical (unpaired) electrons. The van der Waals surface area contributed by atoms with Crippen LogP contribution in [-0.2, 0) is 17.9 Å². The summed E-state index contributed by atoms with van der Waals surface area (Å²) in [6.45, 7) is 7.24. The average Bonchev–Trinajstić information content (AvgIpc) is 3.46. The molecule has 7 nitrogen and oxygen atoms in total. The minimum Gasteiger partial charge on any atom is -0.353 e. The van der Waals surface area contributed by atoms with E-state index in [4.69, 9.17) is 0 Å². The number of carbonyl (C=O) groups excluding carboxylic acids is 1. The molecular weight excluding hydrogens is 396 g/mol. The zero-order valence-electron chi connectivity index (χ0n) is 17.3. The summed E-state index contributed by atoms with van der Waals surface area (Å²) in [4.78, 5) is 18.0. The molecule has 1 N–H and O–H groups in total. The highest BCUT2D eigenvalue weighted by atomic mass is 32.1. The summed E-state index contributed by atoms with van der Waals surface area (Å²) >= 11 is 1.66. The average molecular weight is 421 g/mol. The highest BCUT2D eigenvalue weighted by Crippen LogP contribution is 2.33. The van der Waals surface area contributed by atoms with Crippen LogP contribution >= 0.6 is 11.3 Å². The van der Waals surface area contributed by atoms with Crippen LogP contribution in [0.25, 0.3) is 21.8 Å². The van der Waals surface area contributed by atoms with Crippen LogP contribution in [0.4, 0.5) is 0 Å². The summed E-state index contributed by atoms with van der Waals surface area (Å²) in [6.07, 6.45) is 3.63. The third kappa shape index (κ3) is 4.04. The van der Waals surface area contributed by atoms with Gasteiger partial charge in [-0.2, -0.15) is 10.2 Å². The van der Waals surface area contributed by atoms with Crippen LogP contribution in [-0.4, -0.2) is 37.0 Å². The molecule has 0 aliphatic rings. The molecule has 8 heteroatoms. The molecule has 0 bridgehead atoms. The van der Waals surface area contributed by atoms with Gasteiger partial charge in [0, 0.05) is 24.0 Å². The van der Waals surface area contributed by atoms with Crippen LogP contribution in [0.1, 0.15) is 17.0 Å². The highest BCUT2D eigenvalue weighted by Gasteiger charge is 2.17. The Balaban J connectivity index is 1.47. The number of nitrogens with zero attached hydrogens (tertiary/aromatic N) is 5. The number of carbonyl (C=O) groups is 1. The first-order chi connectivity index (χ1) is 14.5. The molecular formula is C22H24N6OS. The summed E-state index contributed by atoms with van der Waals surface area (Å²) < 4.78 is 3.69. The normalized spacial score (nSPS) is 11.0. The Bertz CT molecular complexity index is 1140. The number of aromatic nitrogens is 5. The number of aryl methyl sites for hydroxylation is 1. The monoisotopic (exact) mass is 420 g/mol. The third-order valence-corrected chi connectivity index (χ3v) is 6.09. The zero-order chi connectivity index (χ0) is 21.1. The van der Waals surface area contributed by atoms with Gasteiger partial charge in [-0.1, -0.05) is 12.1 Å². The predicted octanol–water partition coefficient (Wildman–Crippen LogP) is 3.61. The van der Waals surface area contributed by atoms with E-state index in [0.717, 1.165) is 38.8 Å². The second kappa shape index (κ2) is 8.62. The first-order valence-corrected chi connectivity index (χ1v) is 10.7. The molecule has 0 saturated carbocycles. The Morgan fingerprint density at radius 1 is 1.13 bits per heavy atom. The zero-order valence-corrected chi connectivity index (χ0v) is 18.1. The maximum atomic E-state index is 12.4. The van der Waals surface area contributed by atoms with Crippen molar-refractivity contribution in [2.24, 2.45) is 0 Å². The minimum absolute atomic E-state index is 0.0598. The van der Waals surface area contributed by atoms with Crippen LogP contribution < -0.4 is 5.32 Å². The molecule has 30 heavy (non-hydrogen) atoms. The van der Waals surface area contributed by atoms with E-state index in [0.29, 0.717) is 13.1 Å². The molecule has 4 aromatic rings. The fourth-order valence-electron chi connectivity index (χ4n) is 3.37.